The molecule has 45 heavy (non-hydrogen) atoms. The molecule has 0 aliphatic heterocycles. The summed E-state index contributed by atoms with van der Waals surface area (Å²) in [5.41, 5.74) is 4.87. The molecule has 4 aromatic carbocycles. The standard InChI is InChI=1S/C36H28N4O5/c1-4-39-27-8-6-5-7-22(27)25-17-20(9-12-28(25)39)38-31(41)19-45-21-10-13-29-26(18-21)23-15-16-37-33-24-11-14-30(43-2)35(44-3)32(24)36(42)40(29)34(23)33/h5-18H,4,19H2,1-3H3,(H,38,41). The SMILES string of the molecule is CCn1c2ccccc2c2cc(NC(=O)COc3ccc4c(c3)c3ccnc5c6ccc(OC)c(OC)c6c(=O)n4c35)ccc21. The minimum Gasteiger partial charge on any atom is -0.493 e. The van der Waals surface area contributed by atoms with Gasteiger partial charge in [-0.2, -0.15) is 0 Å². The number of amides is 1. The molecule has 0 saturated heterocycles. The summed E-state index contributed by atoms with van der Waals surface area (Å²) in [5, 5.41) is 7.97. The largest absolute Gasteiger partial charge is 0.493 e. The Morgan fingerprint density at radius 3 is 2.44 bits per heavy atom. The number of hydrogen-bond donors (Lipinski definition) is 1. The summed E-state index contributed by atoms with van der Waals surface area (Å²) < 4.78 is 21.0. The Balaban J connectivity index is 1.13. The number of methoxy groups -OCH3 is 2. The second-order valence-electron chi connectivity index (χ2n) is 10.9. The van der Waals surface area contributed by atoms with E-state index in [-0.39, 0.29) is 18.1 Å². The Kier molecular flexibility index (Phi) is 6.02. The summed E-state index contributed by atoms with van der Waals surface area (Å²) in [6.45, 7) is 2.81. The van der Waals surface area contributed by atoms with Crippen LogP contribution in [0.2, 0.25) is 0 Å². The van der Waals surface area contributed by atoms with E-state index in [4.69, 9.17) is 14.2 Å². The van der Waals surface area contributed by atoms with Gasteiger partial charge in [0.2, 0.25) is 0 Å². The van der Waals surface area contributed by atoms with Gasteiger partial charge in [-0.05, 0) is 67.6 Å². The first kappa shape index (κ1) is 26.8. The average molecular weight is 597 g/mol. The van der Waals surface area contributed by atoms with Gasteiger partial charge in [0.15, 0.2) is 18.1 Å². The number of rotatable bonds is 7. The van der Waals surface area contributed by atoms with Gasteiger partial charge in [0.05, 0.1) is 36.2 Å². The van der Waals surface area contributed by atoms with E-state index in [9.17, 15) is 9.59 Å². The summed E-state index contributed by atoms with van der Waals surface area (Å²) in [4.78, 5) is 31.6. The van der Waals surface area contributed by atoms with Crippen molar-refractivity contribution >= 4 is 71.5 Å². The van der Waals surface area contributed by atoms with Crippen molar-refractivity contribution in [3.8, 4) is 17.2 Å². The van der Waals surface area contributed by atoms with E-state index in [0.717, 1.165) is 33.6 Å². The second kappa shape index (κ2) is 10.1. The van der Waals surface area contributed by atoms with Crippen molar-refractivity contribution in [3.05, 3.63) is 95.4 Å². The van der Waals surface area contributed by atoms with Crippen molar-refractivity contribution in [1.29, 1.82) is 0 Å². The fourth-order valence-corrected chi connectivity index (χ4v) is 6.71. The van der Waals surface area contributed by atoms with E-state index in [2.05, 4.69) is 33.9 Å². The number of para-hydroxylation sites is 1. The molecule has 0 fully saturated rings. The van der Waals surface area contributed by atoms with Crippen LogP contribution in [0.5, 0.6) is 17.2 Å². The van der Waals surface area contributed by atoms with E-state index in [1.807, 2.05) is 54.6 Å². The van der Waals surface area contributed by atoms with Crippen molar-refractivity contribution < 1.29 is 19.0 Å². The zero-order chi connectivity index (χ0) is 30.8. The number of fused-ring (bicyclic) bond motifs is 8. The number of anilines is 1. The highest BCUT2D eigenvalue weighted by molar-refractivity contribution is 6.19. The molecule has 9 heteroatoms. The molecule has 0 unspecified atom stereocenters. The first-order valence-corrected chi connectivity index (χ1v) is 14.7. The normalized spacial score (nSPS) is 11.8. The Bertz CT molecular complexity index is 2530. The number of nitrogens with zero attached hydrogens (tertiary/aromatic N) is 3. The lowest BCUT2D eigenvalue weighted by Crippen LogP contribution is -2.20. The van der Waals surface area contributed by atoms with Crippen LogP contribution in [0.25, 0.3) is 59.9 Å². The van der Waals surface area contributed by atoms with Crippen molar-refractivity contribution in [2.45, 2.75) is 13.5 Å². The maximum absolute atomic E-state index is 14.0. The number of carbonyl (C=O) groups is 1. The van der Waals surface area contributed by atoms with E-state index in [1.54, 1.807) is 29.8 Å². The molecule has 0 saturated carbocycles. The molecule has 4 aromatic heterocycles. The second-order valence-corrected chi connectivity index (χ2v) is 10.9. The molecular formula is C36H28N4O5. The molecule has 1 amide bonds. The average Bonchev–Trinajstić information content (AvgIpc) is 3.58. The fourth-order valence-electron chi connectivity index (χ4n) is 6.71. The van der Waals surface area contributed by atoms with Gasteiger partial charge in [0, 0.05) is 56.4 Å². The topological polar surface area (TPSA) is 96.1 Å². The lowest BCUT2D eigenvalue weighted by molar-refractivity contribution is -0.118. The van der Waals surface area contributed by atoms with Crippen LogP contribution in [-0.4, -0.2) is 40.7 Å². The minimum absolute atomic E-state index is 0.174. The van der Waals surface area contributed by atoms with Crippen LogP contribution in [0.4, 0.5) is 5.69 Å². The van der Waals surface area contributed by atoms with Gasteiger partial charge >= 0.3 is 0 Å². The van der Waals surface area contributed by atoms with Gasteiger partial charge in [0.25, 0.3) is 11.5 Å². The predicted octanol–water partition coefficient (Wildman–Crippen LogP) is 6.75. The van der Waals surface area contributed by atoms with Crippen LogP contribution in [0, 0.1) is 0 Å². The third-order valence-electron chi connectivity index (χ3n) is 8.61. The summed E-state index contributed by atoms with van der Waals surface area (Å²) in [5.74, 6) is 1.08. The highest BCUT2D eigenvalue weighted by Crippen LogP contribution is 2.39. The van der Waals surface area contributed by atoms with E-state index in [1.165, 1.54) is 12.6 Å². The van der Waals surface area contributed by atoms with Crippen molar-refractivity contribution in [2.75, 3.05) is 26.1 Å². The van der Waals surface area contributed by atoms with Crippen LogP contribution < -0.4 is 25.1 Å². The molecule has 0 bridgehead atoms. The molecule has 0 spiro atoms. The summed E-state index contributed by atoms with van der Waals surface area (Å²) >= 11 is 0. The van der Waals surface area contributed by atoms with Gasteiger partial charge in [-0.3, -0.25) is 19.0 Å². The van der Waals surface area contributed by atoms with Gasteiger partial charge < -0.3 is 24.1 Å². The van der Waals surface area contributed by atoms with Gasteiger partial charge in [-0.25, -0.2) is 0 Å². The predicted molar refractivity (Wildman–Crippen MR) is 178 cm³/mol. The molecule has 8 rings (SSSR count). The number of aryl methyl sites for hydroxylation is 1. The number of ether oxygens (including phenoxy) is 3. The zero-order valence-electron chi connectivity index (χ0n) is 24.9. The summed E-state index contributed by atoms with van der Waals surface area (Å²) in [6.07, 6.45) is 1.73. The number of carbonyl (C=O) groups excluding carboxylic acids is 1. The lowest BCUT2D eigenvalue weighted by atomic mass is 10.1. The highest BCUT2D eigenvalue weighted by Gasteiger charge is 2.22. The Morgan fingerprint density at radius 1 is 0.822 bits per heavy atom. The van der Waals surface area contributed by atoms with Crippen LogP contribution in [0.15, 0.2) is 89.9 Å². The van der Waals surface area contributed by atoms with Crippen molar-refractivity contribution in [1.82, 2.24) is 14.0 Å². The Morgan fingerprint density at radius 2 is 1.62 bits per heavy atom. The molecule has 9 nitrogen and oxygen atoms in total. The molecule has 222 valence electrons. The molecule has 1 N–H and O–H groups in total. The third kappa shape index (κ3) is 3.90. The number of aromatic nitrogens is 3. The maximum Gasteiger partial charge on any atom is 0.267 e. The molecule has 0 radical (unpaired) electrons. The van der Waals surface area contributed by atoms with E-state index in [0.29, 0.717) is 50.3 Å². The fraction of sp³-hybridized carbons (Fsp3) is 0.139. The molecule has 4 heterocycles. The maximum atomic E-state index is 14.0. The Labute approximate surface area is 256 Å². The Hall–Kier alpha value is -5.83. The van der Waals surface area contributed by atoms with E-state index >= 15 is 0 Å². The number of benzene rings is 4. The monoisotopic (exact) mass is 596 g/mol. The quantitative estimate of drug-likeness (QED) is 0.205. The number of nitrogens with one attached hydrogen (secondary N) is 1. The van der Waals surface area contributed by atoms with Crippen molar-refractivity contribution in [2.24, 2.45) is 0 Å². The smallest absolute Gasteiger partial charge is 0.267 e. The minimum atomic E-state index is -0.271. The summed E-state index contributed by atoms with van der Waals surface area (Å²) in [7, 11) is 3.06. The zero-order valence-corrected chi connectivity index (χ0v) is 24.9. The molecule has 0 atom stereocenters. The van der Waals surface area contributed by atoms with Crippen LogP contribution in [-0.2, 0) is 11.3 Å². The summed E-state index contributed by atoms with van der Waals surface area (Å²) in [6, 6.07) is 25.2. The van der Waals surface area contributed by atoms with Crippen LogP contribution in [0.3, 0.4) is 0 Å². The van der Waals surface area contributed by atoms with Gasteiger partial charge in [-0.1, -0.05) is 18.2 Å². The van der Waals surface area contributed by atoms with E-state index < -0.39 is 0 Å². The molecule has 0 aliphatic carbocycles. The van der Waals surface area contributed by atoms with Crippen molar-refractivity contribution in [3.63, 3.8) is 0 Å². The van der Waals surface area contributed by atoms with Gasteiger partial charge in [0.1, 0.15) is 5.75 Å². The molecule has 0 aliphatic rings. The molecule has 8 aromatic rings. The molecular weight excluding hydrogens is 568 g/mol. The lowest BCUT2D eigenvalue weighted by Gasteiger charge is -2.12. The van der Waals surface area contributed by atoms with Crippen LogP contribution in [0.1, 0.15) is 6.92 Å². The van der Waals surface area contributed by atoms with Gasteiger partial charge in [-0.15, -0.1) is 0 Å². The third-order valence-corrected chi connectivity index (χ3v) is 8.61. The van der Waals surface area contributed by atoms with Crippen LogP contribution >= 0.6 is 0 Å². The number of pyridine rings is 2. The number of hydrogen-bond acceptors (Lipinski definition) is 6. The highest BCUT2D eigenvalue weighted by atomic mass is 16.5. The first-order valence-electron chi connectivity index (χ1n) is 14.7. The first-order chi connectivity index (χ1) is 22.0.